The van der Waals surface area contributed by atoms with Crippen LogP contribution >= 0.6 is 0 Å². The van der Waals surface area contributed by atoms with E-state index in [1.807, 2.05) is 0 Å². The molecule has 0 radical (unpaired) electrons. The fourth-order valence-corrected chi connectivity index (χ4v) is 3.12. The van der Waals surface area contributed by atoms with E-state index < -0.39 is 0 Å². The van der Waals surface area contributed by atoms with E-state index in [9.17, 15) is 4.79 Å². The molecule has 98 valence electrons. The Bertz CT molecular complexity index is 249. The highest BCUT2D eigenvalue weighted by Crippen LogP contribution is 2.27. The van der Waals surface area contributed by atoms with Crippen LogP contribution in [0.2, 0.25) is 0 Å². The number of Topliss-reactive ketones (excluding diaryl/α,β-unsaturated/α-hetero) is 1. The second kappa shape index (κ2) is 6.50. The summed E-state index contributed by atoms with van der Waals surface area (Å²) in [6.07, 6.45) is 8.51. The number of hydrogen-bond donors (Lipinski definition) is 1. The van der Waals surface area contributed by atoms with E-state index in [1.54, 1.807) is 0 Å². The van der Waals surface area contributed by atoms with Gasteiger partial charge in [-0.05, 0) is 31.6 Å². The zero-order chi connectivity index (χ0) is 12.1. The molecule has 0 aromatic heterocycles. The minimum absolute atomic E-state index is 0.116. The number of nitrogens with two attached hydrogens (primary N) is 1. The molecule has 2 rings (SSSR count). The summed E-state index contributed by atoms with van der Waals surface area (Å²) >= 11 is 0. The Morgan fingerprint density at radius 1 is 1.06 bits per heavy atom. The van der Waals surface area contributed by atoms with E-state index >= 15 is 0 Å². The Morgan fingerprint density at radius 2 is 1.76 bits per heavy atom. The molecule has 0 bridgehead atoms. The molecule has 17 heavy (non-hydrogen) atoms. The predicted molar refractivity (Wildman–Crippen MR) is 67.7 cm³/mol. The third-order valence-corrected chi connectivity index (χ3v) is 4.31. The first-order valence-electron chi connectivity index (χ1n) is 7.13. The minimum atomic E-state index is 0.116. The van der Waals surface area contributed by atoms with Gasteiger partial charge in [0.1, 0.15) is 5.78 Å². The van der Waals surface area contributed by atoms with Crippen molar-refractivity contribution in [2.24, 2.45) is 17.6 Å². The smallest absolute Gasteiger partial charge is 0.137 e. The van der Waals surface area contributed by atoms with Gasteiger partial charge in [0.15, 0.2) is 0 Å². The van der Waals surface area contributed by atoms with Crippen LogP contribution in [0.5, 0.6) is 0 Å². The zero-order valence-electron chi connectivity index (χ0n) is 10.7. The van der Waals surface area contributed by atoms with Gasteiger partial charge in [-0.2, -0.15) is 0 Å². The fraction of sp³-hybridized carbons (Fsp3) is 0.929. The molecule has 0 aromatic carbocycles. The van der Waals surface area contributed by atoms with Crippen LogP contribution < -0.4 is 5.73 Å². The maximum atomic E-state index is 12.3. The van der Waals surface area contributed by atoms with E-state index in [0.717, 1.165) is 45.3 Å². The van der Waals surface area contributed by atoms with Crippen LogP contribution in [0, 0.1) is 11.8 Å². The van der Waals surface area contributed by atoms with E-state index in [2.05, 4.69) is 0 Å². The lowest BCUT2D eigenvalue weighted by molar-refractivity contribution is -0.125. The Balaban J connectivity index is 1.84. The van der Waals surface area contributed by atoms with Gasteiger partial charge in [-0.15, -0.1) is 0 Å². The molecule has 1 aliphatic heterocycles. The summed E-state index contributed by atoms with van der Waals surface area (Å²) in [4.78, 5) is 12.3. The van der Waals surface area contributed by atoms with Gasteiger partial charge < -0.3 is 10.5 Å². The van der Waals surface area contributed by atoms with Gasteiger partial charge in [-0.3, -0.25) is 4.79 Å². The summed E-state index contributed by atoms with van der Waals surface area (Å²) in [5, 5.41) is 0. The van der Waals surface area contributed by atoms with Gasteiger partial charge >= 0.3 is 0 Å². The first kappa shape index (κ1) is 13.0. The van der Waals surface area contributed by atoms with Crippen molar-refractivity contribution in [1.29, 1.82) is 0 Å². The van der Waals surface area contributed by atoms with Crippen molar-refractivity contribution in [2.45, 2.75) is 57.4 Å². The monoisotopic (exact) mass is 239 g/mol. The maximum Gasteiger partial charge on any atom is 0.137 e. The van der Waals surface area contributed by atoms with Gasteiger partial charge in [0.05, 0.1) is 0 Å². The van der Waals surface area contributed by atoms with Crippen LogP contribution in [0.3, 0.4) is 0 Å². The third-order valence-electron chi connectivity index (χ3n) is 4.31. The van der Waals surface area contributed by atoms with E-state index in [-0.39, 0.29) is 12.0 Å². The van der Waals surface area contributed by atoms with Crippen molar-refractivity contribution >= 4 is 5.78 Å². The van der Waals surface area contributed by atoms with Crippen molar-refractivity contribution < 1.29 is 9.53 Å². The van der Waals surface area contributed by atoms with Crippen molar-refractivity contribution in [1.82, 2.24) is 0 Å². The minimum Gasteiger partial charge on any atom is -0.381 e. The number of hydrogen-bond acceptors (Lipinski definition) is 3. The highest BCUT2D eigenvalue weighted by Gasteiger charge is 2.28. The maximum absolute atomic E-state index is 12.3. The molecule has 1 aliphatic carbocycles. The molecule has 1 saturated heterocycles. The molecule has 2 aliphatic rings. The molecule has 2 atom stereocenters. The molecule has 3 heteroatoms. The van der Waals surface area contributed by atoms with Crippen LogP contribution in [-0.2, 0) is 9.53 Å². The molecule has 0 spiro atoms. The number of carbonyl (C=O) groups is 1. The van der Waals surface area contributed by atoms with Gasteiger partial charge in [-0.25, -0.2) is 0 Å². The highest BCUT2D eigenvalue weighted by molar-refractivity contribution is 5.82. The number of ketones is 1. The molecular formula is C14H25NO2. The van der Waals surface area contributed by atoms with Crippen molar-refractivity contribution in [3.63, 3.8) is 0 Å². The van der Waals surface area contributed by atoms with Crippen molar-refractivity contribution in [2.75, 3.05) is 13.2 Å². The summed E-state index contributed by atoms with van der Waals surface area (Å²) in [5.41, 5.74) is 6.14. The van der Waals surface area contributed by atoms with Crippen LogP contribution in [-0.4, -0.2) is 25.0 Å². The Labute approximate surface area is 104 Å². The van der Waals surface area contributed by atoms with Crippen LogP contribution in [0.25, 0.3) is 0 Å². The first-order valence-corrected chi connectivity index (χ1v) is 7.13. The van der Waals surface area contributed by atoms with Gasteiger partial charge in [0.2, 0.25) is 0 Å². The summed E-state index contributed by atoms with van der Waals surface area (Å²) in [5.74, 6) is 1.11. The van der Waals surface area contributed by atoms with Crippen LogP contribution in [0.15, 0.2) is 0 Å². The lowest BCUT2D eigenvalue weighted by Gasteiger charge is -2.25. The predicted octanol–water partition coefficient (Wildman–Crippen LogP) is 2.28. The summed E-state index contributed by atoms with van der Waals surface area (Å²) in [6.45, 7) is 1.66. The molecule has 2 unspecified atom stereocenters. The van der Waals surface area contributed by atoms with E-state index in [1.165, 1.54) is 19.3 Å². The summed E-state index contributed by atoms with van der Waals surface area (Å²) in [6, 6.07) is 0.116. The lowest BCUT2D eigenvalue weighted by Crippen LogP contribution is -2.35. The largest absolute Gasteiger partial charge is 0.381 e. The number of carbonyl (C=O) groups excluding carboxylic acids is 1. The molecule has 2 N–H and O–H groups in total. The molecule has 0 amide bonds. The van der Waals surface area contributed by atoms with Crippen molar-refractivity contribution in [3.8, 4) is 0 Å². The fourth-order valence-electron chi connectivity index (χ4n) is 3.12. The molecular weight excluding hydrogens is 214 g/mol. The van der Waals surface area contributed by atoms with Gasteiger partial charge in [0, 0.05) is 31.6 Å². The molecule has 3 nitrogen and oxygen atoms in total. The lowest BCUT2D eigenvalue weighted by atomic mass is 9.84. The number of ether oxygens (including phenoxy) is 1. The average Bonchev–Trinajstić information content (AvgIpc) is 2.55. The third kappa shape index (κ3) is 3.78. The van der Waals surface area contributed by atoms with Crippen LogP contribution in [0.1, 0.15) is 51.4 Å². The Hall–Kier alpha value is -0.410. The summed E-state index contributed by atoms with van der Waals surface area (Å²) in [7, 11) is 0. The summed E-state index contributed by atoms with van der Waals surface area (Å²) < 4.78 is 5.33. The molecule has 1 heterocycles. The second-order valence-corrected chi connectivity index (χ2v) is 5.63. The Morgan fingerprint density at radius 3 is 2.53 bits per heavy atom. The van der Waals surface area contributed by atoms with Gasteiger partial charge in [0.25, 0.3) is 0 Å². The van der Waals surface area contributed by atoms with E-state index in [0.29, 0.717) is 11.7 Å². The zero-order valence-corrected chi connectivity index (χ0v) is 10.7. The van der Waals surface area contributed by atoms with Crippen LogP contribution in [0.4, 0.5) is 0 Å². The first-order chi connectivity index (χ1) is 8.27. The normalized spacial score (nSPS) is 32.1. The number of rotatable bonds is 3. The average molecular weight is 239 g/mol. The molecule has 0 aromatic rings. The SMILES string of the molecule is NC1CCCCCC1C(=O)CC1CCOCC1. The molecule has 2 fully saturated rings. The Kier molecular flexibility index (Phi) is 4.99. The highest BCUT2D eigenvalue weighted by atomic mass is 16.5. The standard InChI is InChI=1S/C14H25NO2/c15-13-5-3-1-2-4-12(13)14(16)10-11-6-8-17-9-7-11/h11-13H,1-10,15H2. The topological polar surface area (TPSA) is 52.3 Å². The van der Waals surface area contributed by atoms with E-state index in [4.69, 9.17) is 10.5 Å². The van der Waals surface area contributed by atoms with Crippen molar-refractivity contribution in [3.05, 3.63) is 0 Å². The van der Waals surface area contributed by atoms with Gasteiger partial charge in [-0.1, -0.05) is 19.3 Å². The molecule has 1 saturated carbocycles. The second-order valence-electron chi connectivity index (χ2n) is 5.63. The quantitative estimate of drug-likeness (QED) is 0.769.